The normalized spacial score (nSPS) is 9.79. The molecular formula is C9H13N3O2. The molecule has 0 bridgehead atoms. The fourth-order valence-corrected chi connectivity index (χ4v) is 0.585. The molecule has 0 aliphatic rings. The van der Waals surface area contributed by atoms with Crippen molar-refractivity contribution >= 4 is 6.09 Å². The molecule has 0 saturated carbocycles. The Morgan fingerprint density at radius 3 is 2.57 bits per heavy atom. The number of amides is 1. The molecular weight excluding hydrogens is 182 g/mol. The van der Waals surface area contributed by atoms with Crippen molar-refractivity contribution in [1.82, 2.24) is 10.4 Å². The number of nitrogens with one attached hydrogen (secondary N) is 1. The average Bonchev–Trinajstić information content (AvgIpc) is 2.02. The van der Waals surface area contributed by atoms with Gasteiger partial charge in [-0.15, -0.1) is 0 Å². The standard InChI is InChI=1S/C9H13N3O2/c1-5-12(11-7-6-10)8(13)14-9(2,3)4/h1,11H,7H2,2-4H3. The third kappa shape index (κ3) is 5.02. The highest BCUT2D eigenvalue weighted by atomic mass is 16.6. The van der Waals surface area contributed by atoms with Crippen LogP contribution in [0.5, 0.6) is 0 Å². The number of hydrogen-bond donors (Lipinski definition) is 1. The topological polar surface area (TPSA) is 65.4 Å². The summed E-state index contributed by atoms with van der Waals surface area (Å²) in [4.78, 5) is 11.3. The second-order valence-electron chi connectivity index (χ2n) is 3.44. The molecule has 0 radical (unpaired) electrons. The molecule has 0 aromatic heterocycles. The zero-order valence-electron chi connectivity index (χ0n) is 8.50. The van der Waals surface area contributed by atoms with E-state index in [2.05, 4.69) is 11.5 Å². The van der Waals surface area contributed by atoms with Gasteiger partial charge in [0.15, 0.2) is 0 Å². The summed E-state index contributed by atoms with van der Waals surface area (Å²) in [6.07, 6.45) is 4.34. The van der Waals surface area contributed by atoms with Crippen molar-refractivity contribution in [3.8, 4) is 18.5 Å². The van der Waals surface area contributed by atoms with Gasteiger partial charge in [-0.1, -0.05) is 6.42 Å². The van der Waals surface area contributed by atoms with Crippen LogP contribution in [0.4, 0.5) is 4.79 Å². The van der Waals surface area contributed by atoms with Crippen molar-refractivity contribution in [2.75, 3.05) is 6.54 Å². The molecule has 0 atom stereocenters. The van der Waals surface area contributed by atoms with Gasteiger partial charge in [0.2, 0.25) is 0 Å². The lowest BCUT2D eigenvalue weighted by Crippen LogP contribution is -2.42. The molecule has 0 aliphatic heterocycles. The zero-order valence-corrected chi connectivity index (χ0v) is 8.50. The maximum atomic E-state index is 11.3. The highest BCUT2D eigenvalue weighted by Crippen LogP contribution is 2.08. The van der Waals surface area contributed by atoms with Crippen molar-refractivity contribution in [2.24, 2.45) is 0 Å². The maximum Gasteiger partial charge on any atom is 0.437 e. The molecule has 0 heterocycles. The van der Waals surface area contributed by atoms with Crippen LogP contribution in [0.25, 0.3) is 0 Å². The lowest BCUT2D eigenvalue weighted by Gasteiger charge is -2.23. The van der Waals surface area contributed by atoms with Gasteiger partial charge in [-0.2, -0.15) is 10.3 Å². The van der Waals surface area contributed by atoms with Crippen LogP contribution in [0.15, 0.2) is 0 Å². The highest BCUT2D eigenvalue weighted by Gasteiger charge is 2.20. The quantitative estimate of drug-likeness (QED) is 0.307. The summed E-state index contributed by atoms with van der Waals surface area (Å²) in [6, 6.07) is 3.85. The maximum absolute atomic E-state index is 11.3. The molecule has 0 saturated heterocycles. The second-order valence-corrected chi connectivity index (χ2v) is 3.44. The first-order chi connectivity index (χ1) is 6.40. The smallest absolute Gasteiger partial charge is 0.437 e. The van der Waals surface area contributed by atoms with Gasteiger partial charge in [-0.3, -0.25) is 0 Å². The van der Waals surface area contributed by atoms with E-state index < -0.39 is 11.7 Å². The minimum atomic E-state index is -0.699. The first-order valence-electron chi connectivity index (χ1n) is 4.00. The Morgan fingerprint density at radius 1 is 1.64 bits per heavy atom. The van der Waals surface area contributed by atoms with Gasteiger partial charge in [-0.25, -0.2) is 10.2 Å². The average molecular weight is 195 g/mol. The number of rotatable bonds is 2. The molecule has 1 amide bonds. The number of nitrogens with zero attached hydrogens (tertiary/aromatic N) is 2. The van der Waals surface area contributed by atoms with E-state index in [1.165, 1.54) is 0 Å². The van der Waals surface area contributed by atoms with Gasteiger partial charge in [0.1, 0.15) is 12.1 Å². The molecule has 76 valence electrons. The highest BCUT2D eigenvalue weighted by molar-refractivity contribution is 5.69. The lowest BCUT2D eigenvalue weighted by atomic mass is 10.2. The van der Waals surface area contributed by atoms with Gasteiger partial charge in [0.05, 0.1) is 6.07 Å². The third-order valence-corrected chi connectivity index (χ3v) is 1.02. The van der Waals surface area contributed by atoms with E-state index in [1.54, 1.807) is 26.8 Å². The van der Waals surface area contributed by atoms with Crippen LogP contribution in [0.3, 0.4) is 0 Å². The molecule has 0 aliphatic carbocycles. The Labute approximate surface area is 83.6 Å². The molecule has 0 rings (SSSR count). The molecule has 5 nitrogen and oxygen atoms in total. The van der Waals surface area contributed by atoms with E-state index in [0.717, 1.165) is 5.01 Å². The summed E-state index contributed by atoms with van der Waals surface area (Å²) in [5.74, 6) is 0. The number of hydrogen-bond acceptors (Lipinski definition) is 4. The fraction of sp³-hybridized carbons (Fsp3) is 0.556. The molecule has 0 fully saturated rings. The molecule has 5 heteroatoms. The number of ether oxygens (including phenoxy) is 1. The van der Waals surface area contributed by atoms with E-state index >= 15 is 0 Å². The van der Waals surface area contributed by atoms with Crippen LogP contribution in [0.1, 0.15) is 20.8 Å². The van der Waals surface area contributed by atoms with Gasteiger partial charge in [0, 0.05) is 6.04 Å². The first kappa shape index (κ1) is 12.3. The Kier molecular flexibility index (Phi) is 4.48. The van der Waals surface area contributed by atoms with Crippen molar-refractivity contribution in [1.29, 1.82) is 5.26 Å². The summed E-state index contributed by atoms with van der Waals surface area (Å²) in [7, 11) is 0. The summed E-state index contributed by atoms with van der Waals surface area (Å²) in [6.45, 7) is 5.13. The fourth-order valence-electron chi connectivity index (χ4n) is 0.585. The predicted molar refractivity (Wildman–Crippen MR) is 50.5 cm³/mol. The number of carbonyl (C=O) groups is 1. The molecule has 0 aromatic rings. The summed E-state index contributed by atoms with van der Waals surface area (Å²) in [5.41, 5.74) is 1.79. The summed E-state index contributed by atoms with van der Waals surface area (Å²) in [5, 5.41) is 9.07. The number of hydrazine groups is 1. The van der Waals surface area contributed by atoms with Crippen LogP contribution < -0.4 is 5.43 Å². The third-order valence-electron chi connectivity index (χ3n) is 1.02. The Balaban J connectivity index is 4.22. The molecule has 0 unspecified atom stereocenters. The van der Waals surface area contributed by atoms with Crippen molar-refractivity contribution in [2.45, 2.75) is 26.4 Å². The minimum absolute atomic E-state index is 0.0521. The van der Waals surface area contributed by atoms with Gasteiger partial charge >= 0.3 is 6.09 Å². The molecule has 0 aromatic carbocycles. The van der Waals surface area contributed by atoms with Crippen molar-refractivity contribution < 1.29 is 9.53 Å². The van der Waals surface area contributed by atoms with Crippen LogP contribution in [-0.2, 0) is 4.74 Å². The van der Waals surface area contributed by atoms with Crippen LogP contribution >= 0.6 is 0 Å². The molecule has 0 spiro atoms. The van der Waals surface area contributed by atoms with Crippen LogP contribution in [-0.4, -0.2) is 23.2 Å². The summed E-state index contributed by atoms with van der Waals surface area (Å²) >= 11 is 0. The van der Waals surface area contributed by atoms with Crippen LogP contribution in [0.2, 0.25) is 0 Å². The van der Waals surface area contributed by atoms with Gasteiger partial charge in [0.25, 0.3) is 0 Å². The second kappa shape index (κ2) is 5.11. The number of terminal acetylenes is 1. The summed E-state index contributed by atoms with van der Waals surface area (Å²) < 4.78 is 4.96. The SMILES string of the molecule is C#CN(NCC#N)C(=O)OC(C)(C)C. The van der Waals surface area contributed by atoms with Crippen LogP contribution in [0, 0.1) is 23.8 Å². The monoisotopic (exact) mass is 195 g/mol. The molecule has 1 N–H and O–H groups in total. The van der Waals surface area contributed by atoms with E-state index in [9.17, 15) is 4.79 Å². The van der Waals surface area contributed by atoms with Gasteiger partial charge in [-0.05, 0) is 20.8 Å². The predicted octanol–water partition coefficient (Wildman–Crippen LogP) is 0.842. The first-order valence-corrected chi connectivity index (χ1v) is 4.00. The van der Waals surface area contributed by atoms with Crippen molar-refractivity contribution in [3.05, 3.63) is 0 Å². The van der Waals surface area contributed by atoms with E-state index in [0.29, 0.717) is 0 Å². The largest absolute Gasteiger partial charge is 0.442 e. The van der Waals surface area contributed by atoms with E-state index in [1.807, 2.05) is 0 Å². The van der Waals surface area contributed by atoms with E-state index in [-0.39, 0.29) is 6.54 Å². The minimum Gasteiger partial charge on any atom is -0.442 e. The number of nitriles is 1. The molecule has 14 heavy (non-hydrogen) atoms. The lowest BCUT2D eigenvalue weighted by molar-refractivity contribution is 0.0283. The Hall–Kier alpha value is -1.72. The Bertz CT molecular complexity index is 280. The van der Waals surface area contributed by atoms with Gasteiger partial charge < -0.3 is 4.74 Å². The van der Waals surface area contributed by atoms with Crippen molar-refractivity contribution in [3.63, 3.8) is 0 Å². The zero-order chi connectivity index (χ0) is 11.2. The Morgan fingerprint density at radius 2 is 2.21 bits per heavy atom. The number of carbonyl (C=O) groups excluding carboxylic acids is 1. The van der Waals surface area contributed by atoms with E-state index in [4.69, 9.17) is 16.4 Å².